The van der Waals surface area contributed by atoms with Crippen molar-refractivity contribution in [2.75, 3.05) is 14.2 Å². The van der Waals surface area contributed by atoms with E-state index < -0.39 is 11.9 Å². The minimum absolute atomic E-state index is 0.322. The van der Waals surface area contributed by atoms with Crippen molar-refractivity contribution in [3.63, 3.8) is 0 Å². The van der Waals surface area contributed by atoms with E-state index in [2.05, 4.69) is 35.4 Å². The average Bonchev–Trinajstić information content (AvgIpc) is 2.76. The fraction of sp³-hybridized carbons (Fsp3) is 0.100. The van der Waals surface area contributed by atoms with Gasteiger partial charge >= 0.3 is 11.9 Å². The van der Waals surface area contributed by atoms with E-state index in [0.717, 1.165) is 5.56 Å². The van der Waals surface area contributed by atoms with Gasteiger partial charge in [0.05, 0.1) is 29.8 Å². The van der Waals surface area contributed by atoms with Gasteiger partial charge in [0, 0.05) is 23.0 Å². The topological polar surface area (TPSA) is 78.4 Å². The fourth-order valence-corrected chi connectivity index (χ4v) is 2.95. The number of rotatable bonds is 3. The van der Waals surface area contributed by atoms with Gasteiger partial charge in [0.2, 0.25) is 0 Å². The van der Waals surface area contributed by atoms with E-state index in [4.69, 9.17) is 34.8 Å². The number of halogens is 4. The van der Waals surface area contributed by atoms with Crippen LogP contribution in [0.4, 0.5) is 0 Å². The summed E-state index contributed by atoms with van der Waals surface area (Å²) in [5.74, 6) is -0.880. The Labute approximate surface area is 196 Å². The Morgan fingerprint density at radius 1 is 0.833 bits per heavy atom. The van der Waals surface area contributed by atoms with Gasteiger partial charge in [0.15, 0.2) is 0 Å². The van der Waals surface area contributed by atoms with Crippen LogP contribution in [0.1, 0.15) is 20.7 Å². The number of ether oxygens (including phenoxy) is 2. The van der Waals surface area contributed by atoms with Gasteiger partial charge in [-0.15, -0.1) is 0 Å². The number of esters is 2. The number of aromatic nitrogens is 2. The van der Waals surface area contributed by atoms with E-state index in [9.17, 15) is 9.59 Å². The number of methoxy groups -OCH3 is 2. The van der Waals surface area contributed by atoms with E-state index in [0.29, 0.717) is 36.5 Å². The van der Waals surface area contributed by atoms with E-state index in [1.165, 1.54) is 26.6 Å². The van der Waals surface area contributed by atoms with Crippen LogP contribution in [0.2, 0.25) is 15.3 Å². The lowest BCUT2D eigenvalue weighted by molar-refractivity contribution is 0.0591. The highest BCUT2D eigenvalue weighted by Gasteiger charge is 2.11. The van der Waals surface area contributed by atoms with Crippen molar-refractivity contribution in [1.29, 1.82) is 0 Å². The van der Waals surface area contributed by atoms with E-state index in [-0.39, 0.29) is 0 Å². The van der Waals surface area contributed by atoms with Crippen LogP contribution < -0.4 is 0 Å². The Bertz CT molecular complexity index is 1060. The second-order valence-corrected chi connectivity index (χ2v) is 7.56. The van der Waals surface area contributed by atoms with Gasteiger partial charge in [0.1, 0.15) is 10.3 Å². The first-order valence-electron chi connectivity index (χ1n) is 8.16. The third-order valence-corrected chi connectivity index (χ3v) is 5.32. The molecular formula is C20H14BrCl3N2O4. The number of carbonyl (C=O) groups excluding carboxylic acids is 2. The Hall–Kier alpha value is -2.19. The molecule has 3 aromatic rings. The second kappa shape index (κ2) is 11.3. The molecule has 0 bridgehead atoms. The Balaban J connectivity index is 0.000000232. The van der Waals surface area contributed by atoms with Crippen LogP contribution in [-0.4, -0.2) is 36.1 Å². The summed E-state index contributed by atoms with van der Waals surface area (Å²) in [7, 11) is 2.63. The van der Waals surface area contributed by atoms with Crippen molar-refractivity contribution in [2.45, 2.75) is 0 Å². The molecule has 0 amide bonds. The molecule has 0 aliphatic carbocycles. The molecule has 0 atom stereocenters. The van der Waals surface area contributed by atoms with Crippen LogP contribution in [0.15, 0.2) is 53.3 Å². The van der Waals surface area contributed by atoms with Crippen LogP contribution in [0.3, 0.4) is 0 Å². The summed E-state index contributed by atoms with van der Waals surface area (Å²) in [6, 6.07) is 10.3. The molecule has 156 valence electrons. The normalized spacial score (nSPS) is 9.93. The highest BCUT2D eigenvalue weighted by atomic mass is 79.9. The number of hydrogen-bond donors (Lipinski definition) is 0. The lowest BCUT2D eigenvalue weighted by atomic mass is 10.1. The fourth-order valence-electron chi connectivity index (χ4n) is 2.16. The van der Waals surface area contributed by atoms with E-state index in [1.54, 1.807) is 24.3 Å². The van der Waals surface area contributed by atoms with Crippen molar-refractivity contribution in [2.24, 2.45) is 0 Å². The molecule has 2 heterocycles. The van der Waals surface area contributed by atoms with E-state index in [1.807, 2.05) is 12.1 Å². The number of carbonyl (C=O) groups is 2. The average molecular weight is 533 g/mol. The summed E-state index contributed by atoms with van der Waals surface area (Å²) < 4.78 is 9.71. The molecule has 0 aliphatic heterocycles. The zero-order valence-corrected chi connectivity index (χ0v) is 19.5. The van der Waals surface area contributed by atoms with Crippen LogP contribution in [0, 0.1) is 0 Å². The Kier molecular flexibility index (Phi) is 9.05. The lowest BCUT2D eigenvalue weighted by Gasteiger charge is -2.06. The van der Waals surface area contributed by atoms with Gasteiger partial charge in [0.25, 0.3) is 0 Å². The van der Waals surface area contributed by atoms with E-state index >= 15 is 0 Å². The summed E-state index contributed by atoms with van der Waals surface area (Å²) in [4.78, 5) is 30.1. The molecule has 6 nitrogen and oxygen atoms in total. The van der Waals surface area contributed by atoms with Gasteiger partial charge in [-0.1, -0.05) is 46.9 Å². The maximum Gasteiger partial charge on any atom is 0.339 e. The molecule has 0 N–H and O–H groups in total. The first kappa shape index (κ1) is 24.1. The summed E-state index contributed by atoms with van der Waals surface area (Å²) in [5.41, 5.74) is 2.22. The maximum absolute atomic E-state index is 11.4. The van der Waals surface area contributed by atoms with Gasteiger partial charge in [-0.05, 0) is 45.8 Å². The standard InChI is InChI=1S/C13H9Cl2NO2.C7H5BrClNO2/c1-18-13(17)9-6-11(12(15)16-7-9)8-2-4-10(14)5-3-8;1-12-7(11)4-2-5(8)6(9)10-3-4/h2-7H,1H3;2-3H,1H3. The molecule has 0 saturated carbocycles. The number of nitrogens with zero attached hydrogens (tertiary/aromatic N) is 2. The molecule has 0 aliphatic rings. The molecule has 0 unspecified atom stereocenters. The van der Waals surface area contributed by atoms with Crippen LogP contribution in [0.25, 0.3) is 11.1 Å². The summed E-state index contributed by atoms with van der Waals surface area (Å²) in [6.07, 6.45) is 2.74. The zero-order chi connectivity index (χ0) is 22.3. The monoisotopic (exact) mass is 530 g/mol. The molecule has 2 aromatic heterocycles. The molecule has 1 aromatic carbocycles. The van der Waals surface area contributed by atoms with Crippen LogP contribution >= 0.6 is 50.7 Å². The maximum atomic E-state index is 11.4. The quantitative estimate of drug-likeness (QED) is 0.299. The first-order valence-corrected chi connectivity index (χ1v) is 10.1. The van der Waals surface area contributed by atoms with Gasteiger partial charge in [-0.2, -0.15) is 0 Å². The van der Waals surface area contributed by atoms with Crippen molar-refractivity contribution >= 4 is 62.7 Å². The zero-order valence-electron chi connectivity index (χ0n) is 15.7. The molecule has 0 saturated heterocycles. The van der Waals surface area contributed by atoms with Gasteiger partial charge < -0.3 is 9.47 Å². The number of pyridine rings is 2. The third kappa shape index (κ3) is 6.40. The first-order chi connectivity index (χ1) is 14.3. The van der Waals surface area contributed by atoms with Crippen molar-refractivity contribution in [3.05, 3.63) is 79.7 Å². The highest BCUT2D eigenvalue weighted by molar-refractivity contribution is 9.10. The molecule has 30 heavy (non-hydrogen) atoms. The Morgan fingerprint density at radius 2 is 1.33 bits per heavy atom. The molecule has 10 heteroatoms. The number of hydrogen-bond acceptors (Lipinski definition) is 6. The van der Waals surface area contributed by atoms with Crippen molar-refractivity contribution in [1.82, 2.24) is 9.97 Å². The summed E-state index contributed by atoms with van der Waals surface area (Å²) in [5, 5.41) is 1.28. The smallest absolute Gasteiger partial charge is 0.339 e. The van der Waals surface area contributed by atoms with Crippen LogP contribution in [-0.2, 0) is 9.47 Å². The predicted octanol–water partition coefficient (Wildman–Crippen LogP) is 6.13. The third-order valence-electron chi connectivity index (χ3n) is 3.63. The minimum Gasteiger partial charge on any atom is -0.465 e. The molecular weight excluding hydrogens is 518 g/mol. The summed E-state index contributed by atoms with van der Waals surface area (Å²) in [6.45, 7) is 0. The minimum atomic E-state index is -0.450. The second-order valence-electron chi connectivity index (χ2n) is 5.55. The molecule has 0 fully saturated rings. The van der Waals surface area contributed by atoms with Crippen molar-refractivity contribution < 1.29 is 19.1 Å². The van der Waals surface area contributed by atoms with Crippen LogP contribution in [0.5, 0.6) is 0 Å². The SMILES string of the molecule is COC(=O)c1cnc(Cl)c(-c2ccc(Cl)cc2)c1.COC(=O)c1cnc(Cl)c(Br)c1. The molecule has 0 radical (unpaired) electrons. The number of benzene rings is 1. The van der Waals surface area contributed by atoms with Gasteiger partial charge in [-0.3, -0.25) is 0 Å². The molecule has 3 rings (SSSR count). The predicted molar refractivity (Wildman–Crippen MR) is 119 cm³/mol. The van der Waals surface area contributed by atoms with Gasteiger partial charge in [-0.25, -0.2) is 19.6 Å². The summed E-state index contributed by atoms with van der Waals surface area (Å²) >= 11 is 20.6. The lowest BCUT2D eigenvalue weighted by Crippen LogP contribution is -2.02. The van der Waals surface area contributed by atoms with Crippen molar-refractivity contribution in [3.8, 4) is 11.1 Å². The largest absolute Gasteiger partial charge is 0.465 e. The molecule has 0 spiro atoms. The Morgan fingerprint density at radius 3 is 1.83 bits per heavy atom. The highest BCUT2D eigenvalue weighted by Crippen LogP contribution is 2.28.